The third-order valence-corrected chi connectivity index (χ3v) is 3.01. The number of nitrogens with zero attached hydrogens (tertiary/aromatic N) is 1. The van der Waals surface area contributed by atoms with Crippen molar-refractivity contribution in [1.29, 1.82) is 0 Å². The molecule has 1 aromatic carbocycles. The topological polar surface area (TPSA) is 55.8 Å². The highest BCUT2D eigenvalue weighted by Crippen LogP contribution is 2.24. The highest BCUT2D eigenvalue weighted by atomic mass is 35.5. The van der Waals surface area contributed by atoms with Gasteiger partial charge < -0.3 is 14.4 Å². The number of carbonyl (C=O) groups excluding carboxylic acids is 2. The number of benzene rings is 1. The second-order valence-electron chi connectivity index (χ2n) is 4.48. The lowest BCUT2D eigenvalue weighted by Gasteiger charge is -2.21. The predicted octanol–water partition coefficient (Wildman–Crippen LogP) is 2.66. The first kappa shape index (κ1) is 18.2. The van der Waals surface area contributed by atoms with E-state index in [0.717, 1.165) is 6.07 Å². The van der Waals surface area contributed by atoms with Crippen LogP contribution in [0.2, 0.25) is 5.02 Å². The summed E-state index contributed by atoms with van der Waals surface area (Å²) in [7, 11) is 0. The van der Waals surface area contributed by atoms with E-state index in [0.29, 0.717) is 13.0 Å². The van der Waals surface area contributed by atoms with Gasteiger partial charge in [0.2, 0.25) is 0 Å². The molecule has 7 heteroatoms. The van der Waals surface area contributed by atoms with Crippen LogP contribution in [0.5, 0.6) is 5.75 Å². The summed E-state index contributed by atoms with van der Waals surface area (Å²) in [6.07, 6.45) is 0.697. The zero-order valence-electron chi connectivity index (χ0n) is 12.6. The number of rotatable bonds is 8. The minimum Gasteiger partial charge on any atom is -0.482 e. The van der Waals surface area contributed by atoms with Crippen LogP contribution >= 0.6 is 11.6 Å². The molecule has 0 saturated carbocycles. The Labute approximate surface area is 133 Å². The van der Waals surface area contributed by atoms with Crippen LogP contribution in [0.1, 0.15) is 20.3 Å². The molecule has 5 nitrogen and oxygen atoms in total. The molecule has 0 spiro atoms. The summed E-state index contributed by atoms with van der Waals surface area (Å²) < 4.78 is 23.0. The van der Waals surface area contributed by atoms with Crippen LogP contribution in [0.4, 0.5) is 4.39 Å². The van der Waals surface area contributed by atoms with Crippen molar-refractivity contribution >= 4 is 23.5 Å². The van der Waals surface area contributed by atoms with Crippen molar-refractivity contribution in [2.24, 2.45) is 0 Å². The molecule has 0 aliphatic carbocycles. The zero-order chi connectivity index (χ0) is 16.5. The predicted molar refractivity (Wildman–Crippen MR) is 80.4 cm³/mol. The Morgan fingerprint density at radius 2 is 2.05 bits per heavy atom. The van der Waals surface area contributed by atoms with E-state index in [9.17, 15) is 14.0 Å². The molecule has 122 valence electrons. The van der Waals surface area contributed by atoms with Gasteiger partial charge in [0.1, 0.15) is 18.1 Å². The number of hydrogen-bond donors (Lipinski definition) is 0. The van der Waals surface area contributed by atoms with Gasteiger partial charge in [0.05, 0.1) is 11.6 Å². The highest BCUT2D eigenvalue weighted by molar-refractivity contribution is 6.32. The van der Waals surface area contributed by atoms with E-state index < -0.39 is 11.8 Å². The Hall–Kier alpha value is -1.82. The van der Waals surface area contributed by atoms with Crippen molar-refractivity contribution < 1.29 is 23.5 Å². The van der Waals surface area contributed by atoms with Gasteiger partial charge in [-0.3, -0.25) is 9.59 Å². The number of ether oxygens (including phenoxy) is 2. The van der Waals surface area contributed by atoms with E-state index in [1.165, 1.54) is 17.0 Å². The second kappa shape index (κ2) is 9.25. The lowest BCUT2D eigenvalue weighted by atomic mass is 10.3. The Balaban J connectivity index is 2.60. The second-order valence-corrected chi connectivity index (χ2v) is 4.89. The first-order valence-corrected chi connectivity index (χ1v) is 7.37. The monoisotopic (exact) mass is 331 g/mol. The lowest BCUT2D eigenvalue weighted by Crippen LogP contribution is -2.39. The lowest BCUT2D eigenvalue weighted by molar-refractivity contribution is -0.149. The van der Waals surface area contributed by atoms with E-state index in [-0.39, 0.29) is 36.4 Å². The maximum atomic E-state index is 12.9. The Kier molecular flexibility index (Phi) is 7.66. The van der Waals surface area contributed by atoms with Crippen molar-refractivity contribution in [3.8, 4) is 5.75 Å². The van der Waals surface area contributed by atoms with Gasteiger partial charge in [0, 0.05) is 6.54 Å². The molecule has 0 bridgehead atoms. The van der Waals surface area contributed by atoms with E-state index >= 15 is 0 Å². The summed E-state index contributed by atoms with van der Waals surface area (Å²) in [5.74, 6) is -1.11. The van der Waals surface area contributed by atoms with Crippen molar-refractivity contribution in [3.63, 3.8) is 0 Å². The van der Waals surface area contributed by atoms with Gasteiger partial charge in [0.15, 0.2) is 6.61 Å². The molecule has 0 fully saturated rings. The standard InChI is InChI=1S/C15H19ClFNO4/c1-3-7-18(9-15(20)21-4-2)14(19)10-22-13-6-5-11(17)8-12(13)16/h5-6,8H,3-4,7,9-10H2,1-2H3. The maximum Gasteiger partial charge on any atom is 0.325 e. The molecule has 1 aromatic rings. The summed E-state index contributed by atoms with van der Waals surface area (Å²) in [6.45, 7) is 3.85. The molecular formula is C15H19ClFNO4. The molecule has 0 heterocycles. The quantitative estimate of drug-likeness (QED) is 0.687. The maximum absolute atomic E-state index is 12.9. The average Bonchev–Trinajstić information content (AvgIpc) is 2.46. The Morgan fingerprint density at radius 1 is 1.32 bits per heavy atom. The molecule has 0 N–H and O–H groups in total. The fraction of sp³-hybridized carbons (Fsp3) is 0.467. The zero-order valence-corrected chi connectivity index (χ0v) is 13.4. The number of carbonyl (C=O) groups is 2. The third-order valence-electron chi connectivity index (χ3n) is 2.72. The molecule has 0 aliphatic rings. The normalized spacial score (nSPS) is 10.2. The molecule has 0 unspecified atom stereocenters. The van der Waals surface area contributed by atoms with E-state index in [4.69, 9.17) is 21.1 Å². The summed E-state index contributed by atoms with van der Waals surface area (Å²) in [4.78, 5) is 24.9. The SMILES string of the molecule is CCCN(CC(=O)OCC)C(=O)COc1ccc(F)cc1Cl. The van der Waals surface area contributed by atoms with Crippen LogP contribution in [-0.4, -0.2) is 43.1 Å². The molecule has 0 radical (unpaired) electrons. The fourth-order valence-corrected chi connectivity index (χ4v) is 1.97. The number of amides is 1. The molecule has 22 heavy (non-hydrogen) atoms. The van der Waals surface area contributed by atoms with Crippen LogP contribution in [0.25, 0.3) is 0 Å². The van der Waals surface area contributed by atoms with E-state index in [1.807, 2.05) is 6.92 Å². The first-order chi connectivity index (χ1) is 10.5. The number of esters is 1. The molecule has 0 aromatic heterocycles. The summed E-state index contributed by atoms with van der Waals surface area (Å²) in [6, 6.07) is 3.64. The van der Waals surface area contributed by atoms with Gasteiger partial charge in [-0.25, -0.2) is 4.39 Å². The molecule has 0 saturated heterocycles. The molecule has 0 aliphatic heterocycles. The molecular weight excluding hydrogens is 313 g/mol. The highest BCUT2D eigenvalue weighted by Gasteiger charge is 2.18. The summed E-state index contributed by atoms with van der Waals surface area (Å²) in [5, 5.41) is 0.0836. The largest absolute Gasteiger partial charge is 0.482 e. The van der Waals surface area contributed by atoms with Crippen LogP contribution in [0.3, 0.4) is 0 Å². The Morgan fingerprint density at radius 3 is 2.64 bits per heavy atom. The van der Waals surface area contributed by atoms with Crippen LogP contribution in [-0.2, 0) is 14.3 Å². The van der Waals surface area contributed by atoms with Gasteiger partial charge in [-0.15, -0.1) is 0 Å². The van der Waals surface area contributed by atoms with Crippen LogP contribution < -0.4 is 4.74 Å². The van der Waals surface area contributed by atoms with E-state index in [2.05, 4.69) is 0 Å². The van der Waals surface area contributed by atoms with Crippen LogP contribution in [0.15, 0.2) is 18.2 Å². The van der Waals surface area contributed by atoms with E-state index in [1.54, 1.807) is 6.92 Å². The minimum absolute atomic E-state index is 0.0836. The minimum atomic E-state index is -0.487. The smallest absolute Gasteiger partial charge is 0.325 e. The third kappa shape index (κ3) is 5.89. The van der Waals surface area contributed by atoms with Crippen LogP contribution in [0, 0.1) is 5.82 Å². The summed E-state index contributed by atoms with van der Waals surface area (Å²) in [5.41, 5.74) is 0. The van der Waals surface area contributed by atoms with Crippen molar-refractivity contribution in [3.05, 3.63) is 29.0 Å². The van der Waals surface area contributed by atoms with Gasteiger partial charge >= 0.3 is 5.97 Å². The number of halogens is 2. The number of hydrogen-bond acceptors (Lipinski definition) is 4. The average molecular weight is 332 g/mol. The van der Waals surface area contributed by atoms with Crippen molar-refractivity contribution in [2.75, 3.05) is 26.3 Å². The van der Waals surface area contributed by atoms with Gasteiger partial charge in [-0.1, -0.05) is 18.5 Å². The fourth-order valence-electron chi connectivity index (χ4n) is 1.75. The van der Waals surface area contributed by atoms with Crippen molar-refractivity contribution in [2.45, 2.75) is 20.3 Å². The molecule has 1 amide bonds. The molecule has 1 rings (SSSR count). The molecule has 0 atom stereocenters. The van der Waals surface area contributed by atoms with Gasteiger partial charge in [0.25, 0.3) is 5.91 Å². The van der Waals surface area contributed by atoms with Gasteiger partial charge in [-0.05, 0) is 31.5 Å². The van der Waals surface area contributed by atoms with Crippen molar-refractivity contribution in [1.82, 2.24) is 4.90 Å². The summed E-state index contributed by atoms with van der Waals surface area (Å²) >= 11 is 5.82. The van der Waals surface area contributed by atoms with Gasteiger partial charge in [-0.2, -0.15) is 0 Å². The first-order valence-electron chi connectivity index (χ1n) is 6.99. The Bertz CT molecular complexity index is 524.